The zero-order chi connectivity index (χ0) is 22.5. The fourth-order valence-corrected chi connectivity index (χ4v) is 3.28. The third-order valence-electron chi connectivity index (χ3n) is 4.13. The van der Waals surface area contributed by atoms with Crippen molar-refractivity contribution in [2.45, 2.75) is 19.8 Å². The summed E-state index contributed by atoms with van der Waals surface area (Å²) >= 11 is 1.32. The average molecular weight is 459 g/mol. The van der Waals surface area contributed by atoms with Crippen LogP contribution in [-0.2, 0) is 29.3 Å². The van der Waals surface area contributed by atoms with E-state index in [0.29, 0.717) is 22.0 Å². The maximum absolute atomic E-state index is 13.0. The maximum Gasteiger partial charge on any atom is 0.437 e. The number of nitrogens with zero attached hydrogens (tertiary/aromatic N) is 3. The molecule has 164 valence electrons. The van der Waals surface area contributed by atoms with Crippen molar-refractivity contribution in [1.29, 1.82) is 0 Å². The Morgan fingerprint density at radius 3 is 2.44 bits per heavy atom. The van der Waals surface area contributed by atoms with Gasteiger partial charge in [0.2, 0.25) is 5.89 Å². The molecule has 0 N–H and O–H groups in total. The molecule has 4 rings (SSSR count). The molecule has 0 saturated carbocycles. The van der Waals surface area contributed by atoms with E-state index >= 15 is 0 Å². The first kappa shape index (κ1) is 21.4. The van der Waals surface area contributed by atoms with Gasteiger partial charge in [0.25, 0.3) is 0 Å². The second-order valence-corrected chi connectivity index (χ2v) is 7.42. The number of halogens is 2. The standard InChI is InChI=1S/C21H15F2N3O5S/c22-14-3-1-13(2-4-14)20-25-26(21(28)31-20)9-19(27)30-10-16-12-32-18(24-16)11-29-17-7-5-15(23)6-8-17/h1-8,12H,9-11H2. The molecule has 0 amide bonds. The third-order valence-corrected chi connectivity index (χ3v) is 5.00. The van der Waals surface area contributed by atoms with Crippen molar-refractivity contribution in [2.75, 3.05) is 0 Å². The van der Waals surface area contributed by atoms with E-state index < -0.39 is 24.1 Å². The number of thiazole rings is 1. The van der Waals surface area contributed by atoms with Crippen molar-refractivity contribution < 1.29 is 27.5 Å². The molecule has 0 fully saturated rings. The van der Waals surface area contributed by atoms with Crippen LogP contribution in [0.15, 0.2) is 63.1 Å². The van der Waals surface area contributed by atoms with E-state index in [4.69, 9.17) is 13.9 Å². The molecule has 0 bridgehead atoms. The van der Waals surface area contributed by atoms with Gasteiger partial charge in [0.05, 0.1) is 5.69 Å². The predicted molar refractivity (Wildman–Crippen MR) is 109 cm³/mol. The highest BCUT2D eigenvalue weighted by atomic mass is 32.1. The Morgan fingerprint density at radius 2 is 1.72 bits per heavy atom. The molecule has 0 saturated heterocycles. The van der Waals surface area contributed by atoms with Crippen LogP contribution in [0.1, 0.15) is 10.7 Å². The van der Waals surface area contributed by atoms with Crippen molar-refractivity contribution >= 4 is 17.3 Å². The number of carbonyl (C=O) groups excluding carboxylic acids is 1. The molecule has 0 aliphatic heterocycles. The summed E-state index contributed by atoms with van der Waals surface area (Å²) in [7, 11) is 0. The molecule has 8 nitrogen and oxygen atoms in total. The first-order chi connectivity index (χ1) is 15.5. The molecule has 4 aromatic rings. The second-order valence-electron chi connectivity index (χ2n) is 6.47. The van der Waals surface area contributed by atoms with E-state index in [1.165, 1.54) is 59.9 Å². The van der Waals surface area contributed by atoms with Crippen molar-refractivity contribution in [3.63, 3.8) is 0 Å². The molecule has 2 aromatic carbocycles. The molecule has 32 heavy (non-hydrogen) atoms. The van der Waals surface area contributed by atoms with Gasteiger partial charge in [0, 0.05) is 10.9 Å². The Bertz CT molecular complexity index is 1270. The van der Waals surface area contributed by atoms with Crippen LogP contribution >= 0.6 is 11.3 Å². The Morgan fingerprint density at radius 1 is 1.03 bits per heavy atom. The van der Waals surface area contributed by atoms with Crippen LogP contribution in [0.5, 0.6) is 5.75 Å². The van der Waals surface area contributed by atoms with Gasteiger partial charge in [0.15, 0.2) is 0 Å². The lowest BCUT2D eigenvalue weighted by molar-refractivity contribution is -0.146. The molecule has 0 aliphatic carbocycles. The quantitative estimate of drug-likeness (QED) is 0.372. The van der Waals surface area contributed by atoms with E-state index in [0.717, 1.165) is 4.68 Å². The average Bonchev–Trinajstić information content (AvgIpc) is 3.39. The summed E-state index contributed by atoms with van der Waals surface area (Å²) in [6.45, 7) is -0.359. The van der Waals surface area contributed by atoms with Gasteiger partial charge >= 0.3 is 11.7 Å². The van der Waals surface area contributed by atoms with Gasteiger partial charge in [-0.05, 0) is 48.5 Å². The lowest BCUT2D eigenvalue weighted by Gasteiger charge is -2.03. The molecule has 2 aromatic heterocycles. The zero-order valence-corrected chi connectivity index (χ0v) is 17.2. The van der Waals surface area contributed by atoms with E-state index in [-0.39, 0.29) is 24.9 Å². The first-order valence-corrected chi connectivity index (χ1v) is 10.2. The van der Waals surface area contributed by atoms with Gasteiger partial charge in [-0.1, -0.05) is 0 Å². The number of rotatable bonds is 8. The van der Waals surface area contributed by atoms with Gasteiger partial charge < -0.3 is 13.9 Å². The normalized spacial score (nSPS) is 10.8. The van der Waals surface area contributed by atoms with Crippen LogP contribution in [0.25, 0.3) is 11.5 Å². The highest BCUT2D eigenvalue weighted by molar-refractivity contribution is 7.09. The highest BCUT2D eigenvalue weighted by Gasteiger charge is 2.15. The molecule has 0 spiro atoms. The minimum atomic E-state index is -0.838. The summed E-state index contributed by atoms with van der Waals surface area (Å²) in [6, 6.07) is 10.8. The lowest BCUT2D eigenvalue weighted by Crippen LogP contribution is -2.23. The number of ether oxygens (including phenoxy) is 2. The van der Waals surface area contributed by atoms with Gasteiger partial charge in [-0.2, -0.15) is 4.68 Å². The van der Waals surface area contributed by atoms with E-state index in [1.807, 2.05) is 0 Å². The molecule has 0 unspecified atom stereocenters. The maximum atomic E-state index is 13.0. The lowest BCUT2D eigenvalue weighted by atomic mass is 10.2. The monoisotopic (exact) mass is 459 g/mol. The van der Waals surface area contributed by atoms with Crippen LogP contribution in [-0.4, -0.2) is 20.7 Å². The minimum absolute atomic E-state index is 0.0342. The third kappa shape index (κ3) is 5.43. The summed E-state index contributed by atoms with van der Waals surface area (Å²) < 4.78 is 42.4. The molecular weight excluding hydrogens is 444 g/mol. The van der Waals surface area contributed by atoms with Gasteiger partial charge in [0.1, 0.15) is 42.2 Å². The number of esters is 1. The van der Waals surface area contributed by atoms with Crippen LogP contribution in [0.2, 0.25) is 0 Å². The summed E-state index contributed by atoms with van der Waals surface area (Å²) in [6.07, 6.45) is 0. The SMILES string of the molecule is O=C(Cn1nc(-c2ccc(F)cc2)oc1=O)OCc1csc(COc2ccc(F)cc2)n1. The molecule has 11 heteroatoms. The topological polar surface area (TPSA) is 96.5 Å². The highest BCUT2D eigenvalue weighted by Crippen LogP contribution is 2.17. The number of carbonyl (C=O) groups is 1. The Labute approximate surface area is 183 Å². The Hall–Kier alpha value is -3.86. The predicted octanol–water partition coefficient (Wildman–Crippen LogP) is 3.56. The second kappa shape index (κ2) is 9.52. The van der Waals surface area contributed by atoms with Crippen molar-refractivity contribution in [3.05, 3.63) is 86.8 Å². The number of hydrogen-bond donors (Lipinski definition) is 0. The van der Waals surface area contributed by atoms with E-state index in [2.05, 4.69) is 10.1 Å². The zero-order valence-electron chi connectivity index (χ0n) is 16.4. The van der Waals surface area contributed by atoms with Gasteiger partial charge in [-0.3, -0.25) is 4.79 Å². The van der Waals surface area contributed by atoms with Gasteiger partial charge in [-0.25, -0.2) is 18.6 Å². The van der Waals surface area contributed by atoms with Crippen molar-refractivity contribution in [1.82, 2.24) is 14.8 Å². The smallest absolute Gasteiger partial charge is 0.437 e. The largest absolute Gasteiger partial charge is 0.486 e. The molecule has 0 atom stereocenters. The minimum Gasteiger partial charge on any atom is -0.486 e. The van der Waals surface area contributed by atoms with Crippen molar-refractivity contribution in [3.8, 4) is 17.2 Å². The summed E-state index contributed by atoms with van der Waals surface area (Å²) in [4.78, 5) is 28.3. The first-order valence-electron chi connectivity index (χ1n) is 9.27. The fourth-order valence-electron chi connectivity index (χ4n) is 2.60. The number of aromatic nitrogens is 3. The van der Waals surface area contributed by atoms with Crippen LogP contribution in [0, 0.1) is 11.6 Å². The Balaban J connectivity index is 1.28. The number of hydrogen-bond acceptors (Lipinski definition) is 8. The molecule has 0 aliphatic rings. The van der Waals surface area contributed by atoms with Crippen LogP contribution in [0.3, 0.4) is 0 Å². The molecule has 0 radical (unpaired) electrons. The number of benzene rings is 2. The van der Waals surface area contributed by atoms with Crippen LogP contribution in [0.4, 0.5) is 8.78 Å². The molecular formula is C21H15F2N3O5S. The summed E-state index contributed by atoms with van der Waals surface area (Å²) in [5, 5.41) is 6.29. The fraction of sp³-hybridized carbons (Fsp3) is 0.143. The molecule has 2 heterocycles. The summed E-state index contributed by atoms with van der Waals surface area (Å²) in [5.41, 5.74) is 0.911. The van der Waals surface area contributed by atoms with E-state index in [9.17, 15) is 18.4 Å². The van der Waals surface area contributed by atoms with Crippen LogP contribution < -0.4 is 10.5 Å². The van der Waals surface area contributed by atoms with Gasteiger partial charge in [-0.15, -0.1) is 16.4 Å². The van der Waals surface area contributed by atoms with Crippen molar-refractivity contribution in [2.24, 2.45) is 0 Å². The van der Waals surface area contributed by atoms with E-state index in [1.54, 1.807) is 5.38 Å². The summed E-state index contributed by atoms with van der Waals surface area (Å²) in [5.74, 6) is -1.86. The Kier molecular flexibility index (Phi) is 6.36.